The second-order valence-corrected chi connectivity index (χ2v) is 16.4. The molecule has 0 amide bonds. The summed E-state index contributed by atoms with van der Waals surface area (Å²) in [5.41, 5.74) is 8.53. The molecule has 0 spiro atoms. The Morgan fingerprint density at radius 1 is 0.950 bits per heavy atom. The third-order valence-corrected chi connectivity index (χ3v) is 12.0. The number of benzene rings is 3. The zero-order chi connectivity index (χ0) is 28.4. The van der Waals surface area contributed by atoms with Crippen LogP contribution >= 0.6 is 0 Å². The summed E-state index contributed by atoms with van der Waals surface area (Å²) in [5.74, 6) is 0. The van der Waals surface area contributed by atoms with Crippen LogP contribution in [0.2, 0.25) is 0 Å². The van der Waals surface area contributed by atoms with Gasteiger partial charge in [-0.1, -0.05) is 0 Å². The monoisotopic (exact) mass is 598 g/mol. The van der Waals surface area contributed by atoms with Crippen molar-refractivity contribution in [1.29, 1.82) is 0 Å². The molecule has 0 bridgehead atoms. The van der Waals surface area contributed by atoms with E-state index in [1.165, 1.54) is 37.4 Å². The second kappa shape index (κ2) is 8.33. The van der Waals surface area contributed by atoms with Gasteiger partial charge < -0.3 is 0 Å². The molecule has 2 aromatic heterocycles. The van der Waals surface area contributed by atoms with E-state index in [0.717, 1.165) is 52.5 Å². The van der Waals surface area contributed by atoms with E-state index in [2.05, 4.69) is 96.7 Å². The van der Waals surface area contributed by atoms with Crippen molar-refractivity contribution >= 4 is 51.7 Å². The van der Waals surface area contributed by atoms with Gasteiger partial charge in [-0.25, -0.2) is 0 Å². The van der Waals surface area contributed by atoms with Gasteiger partial charge in [0.25, 0.3) is 0 Å². The Balaban J connectivity index is 1.49. The molecule has 0 unspecified atom stereocenters. The van der Waals surface area contributed by atoms with E-state index in [9.17, 15) is 4.79 Å². The molecule has 0 fully saturated rings. The van der Waals surface area contributed by atoms with Gasteiger partial charge in [0.05, 0.1) is 0 Å². The zero-order valence-corrected chi connectivity index (χ0v) is 26.6. The molecule has 206 valence electrons. The molecule has 40 heavy (non-hydrogen) atoms. The Morgan fingerprint density at radius 3 is 2.40 bits per heavy atom. The SMILES string of the molecule is Cc1c(-c2nc3ccc4cc(C(C)(C)C)ccc4c3[se]2)c(=O)oc2c3c4c(cc12)C(C)(C)CCN4CCC3(C)C. The summed E-state index contributed by atoms with van der Waals surface area (Å²) in [6.07, 6.45) is 2.18. The molecule has 0 radical (unpaired) electrons. The Morgan fingerprint density at radius 2 is 1.68 bits per heavy atom. The second-order valence-electron chi connectivity index (χ2n) is 14.3. The molecule has 4 nitrogen and oxygen atoms in total. The average molecular weight is 598 g/mol. The van der Waals surface area contributed by atoms with Crippen LogP contribution in [-0.2, 0) is 16.2 Å². The van der Waals surface area contributed by atoms with Gasteiger partial charge in [0.15, 0.2) is 0 Å². The molecule has 4 heterocycles. The van der Waals surface area contributed by atoms with Crippen LogP contribution in [0.15, 0.2) is 45.6 Å². The molecule has 0 aliphatic carbocycles. The van der Waals surface area contributed by atoms with Crippen molar-refractivity contribution in [1.82, 2.24) is 4.98 Å². The van der Waals surface area contributed by atoms with E-state index in [4.69, 9.17) is 9.40 Å². The normalized spacial score (nSPS) is 18.1. The molecule has 3 aromatic carbocycles. The third-order valence-electron chi connectivity index (χ3n) is 9.62. The van der Waals surface area contributed by atoms with E-state index in [1.54, 1.807) is 0 Å². The number of aromatic nitrogens is 1. The van der Waals surface area contributed by atoms with Crippen molar-refractivity contribution in [3.63, 3.8) is 0 Å². The molecular weight excluding hydrogens is 559 g/mol. The molecule has 0 atom stereocenters. The van der Waals surface area contributed by atoms with Crippen molar-refractivity contribution in [2.24, 2.45) is 0 Å². The Bertz CT molecular complexity index is 1930. The van der Waals surface area contributed by atoms with Gasteiger partial charge in [-0.15, -0.1) is 0 Å². The van der Waals surface area contributed by atoms with Crippen LogP contribution in [0.25, 0.3) is 41.6 Å². The minimum atomic E-state index is -0.253. The first-order chi connectivity index (χ1) is 18.8. The molecule has 0 saturated heterocycles. The van der Waals surface area contributed by atoms with Crippen LogP contribution in [0.1, 0.15) is 83.6 Å². The van der Waals surface area contributed by atoms with Crippen molar-refractivity contribution in [2.75, 3.05) is 18.0 Å². The summed E-state index contributed by atoms with van der Waals surface area (Å²) in [4.78, 5) is 21.4. The average Bonchev–Trinajstić information content (AvgIpc) is 3.30. The van der Waals surface area contributed by atoms with Gasteiger partial charge in [0.2, 0.25) is 0 Å². The fourth-order valence-corrected chi connectivity index (χ4v) is 9.40. The van der Waals surface area contributed by atoms with Crippen molar-refractivity contribution < 1.29 is 4.42 Å². The van der Waals surface area contributed by atoms with E-state index < -0.39 is 0 Å². The maximum absolute atomic E-state index is 13.8. The standard InChI is InChI=1S/C35H38N2O2Se/c1-19-23-18-24-28-27(35(7,8)14-16-37(28)15-13-34(24,5)6)29(23)39-32(38)26(19)31-36-25-12-9-20-17-21(33(2,3)4)10-11-22(20)30(25)40-31/h9-12,17-18H,13-16H2,1-8H3. The number of nitrogens with zero attached hydrogens (tertiary/aromatic N) is 2. The van der Waals surface area contributed by atoms with E-state index in [-0.39, 0.29) is 36.4 Å². The van der Waals surface area contributed by atoms with Crippen LogP contribution in [-0.4, -0.2) is 32.6 Å². The van der Waals surface area contributed by atoms with E-state index >= 15 is 0 Å². The molecule has 0 N–H and O–H groups in total. The molecule has 2 aliphatic heterocycles. The zero-order valence-electron chi connectivity index (χ0n) is 24.9. The molecule has 5 aromatic rings. The van der Waals surface area contributed by atoms with Gasteiger partial charge in [-0.05, 0) is 0 Å². The Hall–Kier alpha value is -2.88. The van der Waals surface area contributed by atoms with Crippen LogP contribution in [0, 0.1) is 6.92 Å². The molecule has 7 rings (SSSR count). The van der Waals surface area contributed by atoms with Gasteiger partial charge in [0, 0.05) is 0 Å². The van der Waals surface area contributed by atoms with Crippen LogP contribution in [0.5, 0.6) is 0 Å². The summed E-state index contributed by atoms with van der Waals surface area (Å²) >= 11 is -0.0803. The predicted molar refractivity (Wildman–Crippen MR) is 169 cm³/mol. The first-order valence-corrected chi connectivity index (χ1v) is 16.2. The van der Waals surface area contributed by atoms with Gasteiger partial charge in [-0.2, -0.15) is 0 Å². The number of rotatable bonds is 1. The quantitative estimate of drug-likeness (QED) is 0.145. The number of hydrogen-bond donors (Lipinski definition) is 0. The van der Waals surface area contributed by atoms with Gasteiger partial charge in [0.1, 0.15) is 0 Å². The molecule has 5 heteroatoms. The molecule has 0 saturated carbocycles. The topological polar surface area (TPSA) is 46.3 Å². The third kappa shape index (κ3) is 3.70. The number of aryl methyl sites for hydroxylation is 1. The summed E-state index contributed by atoms with van der Waals surface area (Å²) in [6, 6.07) is 13.4. The fraction of sp³-hybridized carbons (Fsp3) is 0.429. The van der Waals surface area contributed by atoms with Crippen LogP contribution in [0.3, 0.4) is 0 Å². The summed E-state index contributed by atoms with van der Waals surface area (Å²) in [7, 11) is 0. The fourth-order valence-electron chi connectivity index (χ4n) is 6.90. The van der Waals surface area contributed by atoms with E-state index in [0.29, 0.717) is 5.56 Å². The first-order valence-electron chi connectivity index (χ1n) is 14.5. The van der Waals surface area contributed by atoms with E-state index in [1.807, 2.05) is 0 Å². The minimum absolute atomic E-state index is 0.0622. The number of hydrogen-bond acceptors (Lipinski definition) is 4. The van der Waals surface area contributed by atoms with Crippen LogP contribution < -0.4 is 10.5 Å². The summed E-state index contributed by atoms with van der Waals surface area (Å²) in [6.45, 7) is 20.3. The van der Waals surface area contributed by atoms with Crippen molar-refractivity contribution in [3.8, 4) is 10.1 Å². The summed E-state index contributed by atoms with van der Waals surface area (Å²) in [5, 5.41) is 3.56. The molecule has 2 aliphatic rings. The summed E-state index contributed by atoms with van der Waals surface area (Å²) < 4.78 is 8.49. The predicted octanol–water partition coefficient (Wildman–Crippen LogP) is 7.99. The maximum atomic E-state index is 13.8. The van der Waals surface area contributed by atoms with Crippen molar-refractivity contribution in [2.45, 2.75) is 84.5 Å². The van der Waals surface area contributed by atoms with Crippen molar-refractivity contribution in [3.05, 3.63) is 69.1 Å². The van der Waals surface area contributed by atoms with Crippen LogP contribution in [0.4, 0.5) is 5.69 Å². The Labute approximate surface area is 242 Å². The van der Waals surface area contributed by atoms with Gasteiger partial charge in [-0.3, -0.25) is 0 Å². The number of anilines is 1. The Kier molecular flexibility index (Phi) is 5.43. The molecular formula is C35H38N2O2Se. The number of fused-ring (bicyclic) bond motifs is 5. The van der Waals surface area contributed by atoms with Gasteiger partial charge >= 0.3 is 243 Å². The first kappa shape index (κ1) is 26.0.